The summed E-state index contributed by atoms with van der Waals surface area (Å²) in [6, 6.07) is -0.241. The van der Waals surface area contributed by atoms with Gasteiger partial charge in [-0.25, -0.2) is 9.67 Å². The van der Waals surface area contributed by atoms with Crippen molar-refractivity contribution in [2.24, 2.45) is 0 Å². The topological polar surface area (TPSA) is 93.8 Å². The first kappa shape index (κ1) is 12.6. The minimum Gasteiger partial charge on any atom is -0.481 e. The Hall–Kier alpha value is -1.83. The molecule has 0 radical (unpaired) electrons. The molecule has 0 bridgehead atoms. The number of aryl methyl sites for hydroxylation is 1. The van der Waals surface area contributed by atoms with Gasteiger partial charge in [-0.3, -0.25) is 4.79 Å². The van der Waals surface area contributed by atoms with E-state index in [0.717, 1.165) is 9.88 Å². The van der Waals surface area contributed by atoms with E-state index in [1.807, 2.05) is 13.8 Å². The van der Waals surface area contributed by atoms with E-state index < -0.39 is 5.97 Å². The lowest BCUT2D eigenvalue weighted by Gasteiger charge is -2.13. The summed E-state index contributed by atoms with van der Waals surface area (Å²) in [5.41, 5.74) is 0. The number of nitrogens with zero attached hydrogens (tertiary/aromatic N) is 5. The molecule has 2 heterocycles. The van der Waals surface area contributed by atoms with Gasteiger partial charge in [0.15, 0.2) is 5.82 Å². The summed E-state index contributed by atoms with van der Waals surface area (Å²) in [6.45, 7) is 3.81. The van der Waals surface area contributed by atoms with Crippen LogP contribution in [0.5, 0.6) is 0 Å². The Balaban J connectivity index is 2.34. The largest absolute Gasteiger partial charge is 0.481 e. The highest BCUT2D eigenvalue weighted by atomic mass is 32.1. The number of carboxylic acid groups (broad SMARTS) is 1. The maximum absolute atomic E-state index is 10.8. The van der Waals surface area contributed by atoms with Gasteiger partial charge in [0, 0.05) is 6.20 Å². The van der Waals surface area contributed by atoms with Crippen molar-refractivity contribution >= 4 is 17.3 Å². The Kier molecular flexibility index (Phi) is 3.66. The molecular weight excluding hydrogens is 254 g/mol. The van der Waals surface area contributed by atoms with Crippen LogP contribution in [0.2, 0.25) is 0 Å². The highest BCUT2D eigenvalue weighted by molar-refractivity contribution is 7.14. The van der Waals surface area contributed by atoms with Crippen molar-refractivity contribution in [2.45, 2.75) is 32.7 Å². The quantitative estimate of drug-likeness (QED) is 0.882. The van der Waals surface area contributed by atoms with Crippen LogP contribution in [0.1, 0.15) is 30.8 Å². The van der Waals surface area contributed by atoms with Gasteiger partial charge in [-0.1, -0.05) is 6.92 Å². The van der Waals surface area contributed by atoms with Crippen LogP contribution in [0.4, 0.5) is 0 Å². The van der Waals surface area contributed by atoms with Crippen molar-refractivity contribution in [2.75, 3.05) is 0 Å². The van der Waals surface area contributed by atoms with Crippen LogP contribution in [-0.2, 0) is 4.79 Å². The first-order valence-electron chi connectivity index (χ1n) is 5.54. The number of rotatable bonds is 5. The number of hydrogen-bond acceptors (Lipinski definition) is 6. The molecule has 0 saturated heterocycles. The average Bonchev–Trinajstić information content (AvgIpc) is 2.93. The molecule has 1 unspecified atom stereocenters. The van der Waals surface area contributed by atoms with Gasteiger partial charge in [-0.05, 0) is 23.8 Å². The van der Waals surface area contributed by atoms with Gasteiger partial charge in [-0.2, -0.15) is 0 Å². The van der Waals surface area contributed by atoms with Gasteiger partial charge in [0.2, 0.25) is 0 Å². The second-order valence-corrected chi connectivity index (χ2v) is 5.09. The lowest BCUT2D eigenvalue weighted by Crippen LogP contribution is -2.15. The van der Waals surface area contributed by atoms with Gasteiger partial charge >= 0.3 is 5.97 Å². The lowest BCUT2D eigenvalue weighted by atomic mass is 10.1. The van der Waals surface area contributed by atoms with Crippen molar-refractivity contribution in [1.82, 2.24) is 25.2 Å². The van der Waals surface area contributed by atoms with Crippen LogP contribution in [0.15, 0.2) is 6.20 Å². The summed E-state index contributed by atoms with van der Waals surface area (Å²) in [5.74, 6) is -0.280. The molecule has 0 spiro atoms. The molecular formula is C10H13N5O2S. The van der Waals surface area contributed by atoms with Crippen molar-refractivity contribution in [3.05, 3.63) is 11.2 Å². The van der Waals surface area contributed by atoms with E-state index in [1.165, 1.54) is 11.3 Å². The molecule has 0 saturated carbocycles. The smallest absolute Gasteiger partial charge is 0.305 e. The van der Waals surface area contributed by atoms with Gasteiger partial charge < -0.3 is 5.11 Å². The Morgan fingerprint density at radius 2 is 2.39 bits per heavy atom. The standard InChI is InChI=1S/C10H13N5O2S/c1-3-7(4-9(16)17)15-10(12-13-14-15)8-5-11-6(2)18-8/h5,7H,3-4H2,1-2H3,(H,16,17). The number of aliphatic carboxylic acids is 1. The second kappa shape index (κ2) is 5.21. The zero-order valence-corrected chi connectivity index (χ0v) is 10.9. The summed E-state index contributed by atoms with van der Waals surface area (Å²) < 4.78 is 1.57. The molecule has 0 aliphatic heterocycles. The Morgan fingerprint density at radius 1 is 1.61 bits per heavy atom. The molecule has 8 heteroatoms. The van der Waals surface area contributed by atoms with E-state index in [-0.39, 0.29) is 12.5 Å². The molecule has 0 fully saturated rings. The van der Waals surface area contributed by atoms with Gasteiger partial charge in [0.25, 0.3) is 0 Å². The number of hydrogen-bond donors (Lipinski definition) is 1. The second-order valence-electron chi connectivity index (χ2n) is 3.85. The van der Waals surface area contributed by atoms with Crippen molar-refractivity contribution in [3.63, 3.8) is 0 Å². The van der Waals surface area contributed by atoms with E-state index in [4.69, 9.17) is 5.11 Å². The van der Waals surface area contributed by atoms with E-state index in [1.54, 1.807) is 10.9 Å². The minimum atomic E-state index is -0.858. The molecule has 1 atom stereocenters. The predicted molar refractivity (Wildman–Crippen MR) is 65.2 cm³/mol. The molecule has 2 rings (SSSR count). The number of aromatic nitrogens is 5. The molecule has 0 aromatic carbocycles. The van der Waals surface area contributed by atoms with Crippen LogP contribution in [0, 0.1) is 6.92 Å². The SMILES string of the molecule is CCC(CC(=O)O)n1nnnc1-c1cnc(C)s1. The van der Waals surface area contributed by atoms with Crippen LogP contribution in [0.25, 0.3) is 10.7 Å². The molecule has 0 aliphatic rings. The molecule has 7 nitrogen and oxygen atoms in total. The van der Waals surface area contributed by atoms with Crippen molar-refractivity contribution < 1.29 is 9.90 Å². The van der Waals surface area contributed by atoms with Crippen LogP contribution >= 0.6 is 11.3 Å². The third kappa shape index (κ3) is 2.53. The van der Waals surface area contributed by atoms with Gasteiger partial charge in [-0.15, -0.1) is 16.4 Å². The first-order valence-corrected chi connectivity index (χ1v) is 6.36. The third-order valence-electron chi connectivity index (χ3n) is 2.56. The van der Waals surface area contributed by atoms with Crippen LogP contribution < -0.4 is 0 Å². The zero-order chi connectivity index (χ0) is 13.1. The molecule has 0 amide bonds. The van der Waals surface area contributed by atoms with Crippen LogP contribution in [-0.4, -0.2) is 36.3 Å². The van der Waals surface area contributed by atoms with Gasteiger partial charge in [0.05, 0.1) is 22.3 Å². The van der Waals surface area contributed by atoms with Crippen molar-refractivity contribution in [1.29, 1.82) is 0 Å². The Labute approximate surface area is 107 Å². The highest BCUT2D eigenvalue weighted by Gasteiger charge is 2.20. The molecule has 18 heavy (non-hydrogen) atoms. The molecule has 1 N–H and O–H groups in total. The minimum absolute atomic E-state index is 0.00628. The molecule has 2 aromatic heterocycles. The third-order valence-corrected chi connectivity index (χ3v) is 3.47. The highest BCUT2D eigenvalue weighted by Crippen LogP contribution is 2.27. The van der Waals surface area contributed by atoms with E-state index in [2.05, 4.69) is 20.5 Å². The summed E-state index contributed by atoms with van der Waals surface area (Å²) in [4.78, 5) is 15.8. The number of thiazole rings is 1. The fraction of sp³-hybridized carbons (Fsp3) is 0.500. The maximum atomic E-state index is 10.8. The number of carboxylic acids is 1. The lowest BCUT2D eigenvalue weighted by molar-refractivity contribution is -0.138. The van der Waals surface area contributed by atoms with E-state index in [9.17, 15) is 4.79 Å². The van der Waals surface area contributed by atoms with Gasteiger partial charge in [0.1, 0.15) is 0 Å². The number of tetrazole rings is 1. The fourth-order valence-electron chi connectivity index (χ4n) is 1.67. The fourth-order valence-corrected chi connectivity index (χ4v) is 2.43. The average molecular weight is 267 g/mol. The predicted octanol–water partition coefficient (Wildman–Crippen LogP) is 1.53. The summed E-state index contributed by atoms with van der Waals surface area (Å²) in [6.07, 6.45) is 2.37. The molecule has 0 aliphatic carbocycles. The summed E-state index contributed by atoms with van der Waals surface area (Å²) in [7, 11) is 0. The van der Waals surface area contributed by atoms with Crippen molar-refractivity contribution in [3.8, 4) is 10.7 Å². The number of carbonyl (C=O) groups is 1. The van der Waals surface area contributed by atoms with Crippen LogP contribution in [0.3, 0.4) is 0 Å². The summed E-state index contributed by atoms with van der Waals surface area (Å²) >= 11 is 1.48. The normalized spacial score (nSPS) is 12.6. The zero-order valence-electron chi connectivity index (χ0n) is 10.1. The van der Waals surface area contributed by atoms with E-state index in [0.29, 0.717) is 12.2 Å². The maximum Gasteiger partial charge on any atom is 0.305 e. The summed E-state index contributed by atoms with van der Waals surface area (Å²) in [5, 5.41) is 21.3. The Morgan fingerprint density at radius 3 is 2.94 bits per heavy atom. The molecule has 96 valence electrons. The van der Waals surface area contributed by atoms with E-state index >= 15 is 0 Å². The first-order chi connectivity index (χ1) is 8.61. The molecule has 2 aromatic rings. The monoisotopic (exact) mass is 267 g/mol. The Bertz CT molecular complexity index is 550.